The number of nitrogens with one attached hydrogen (secondary N) is 5. The van der Waals surface area contributed by atoms with Crippen LogP contribution in [-0.4, -0.2) is 115 Å². The molecule has 0 unspecified atom stereocenters. The fraction of sp³-hybridized carbons (Fsp3) is 0.320. The zero-order valence-electron chi connectivity index (χ0n) is 62.4. The van der Waals surface area contributed by atoms with Crippen molar-refractivity contribution in [3.05, 3.63) is 199 Å². The van der Waals surface area contributed by atoms with Crippen molar-refractivity contribution >= 4 is 155 Å². The number of carbonyl (C=O) groups is 4. The molecule has 4 amide bonds. The van der Waals surface area contributed by atoms with Crippen LogP contribution in [0.4, 0.5) is 32.7 Å². The standard InChI is InChI=1S/C24H28N4O3.C23H25N5O2.C21H19N5O2.C5H12N2O.2CH4.B5.Cl3OP/c1-14(2)8-19(29)13-26-24(31)27-18-7-6-15(3)20(11-18)21-10-17-12-25-16(4)9-22(17)28(5)23(21)30;1-13(2)8-21-26-27-23(30-21)25-17-7-6-14(3)18(11-17)19-10-16-12-24-15(4)9-20(16)28(5)22(19)29;1-13-4-5-16(24-21(28)26-7-6-22-12-26)10-17(13)18-9-15-11-23-14(2)8-19(15)25(3)20(18)27;1-4(2)3-5(8)7-6;;;1-4-5(2)3;1-5(2,3)4/h6-7,9-12,14H,8,13H2,1-5H3,(H2,26,27,31);6-7,9-13H,8H2,1-5H3,(H,25,27);4-12H,1-3H3,(H,24,28);4H,3,6H2,1-2H3,(H,7,8);2*1H4;;. The van der Waals surface area contributed by atoms with Crippen LogP contribution in [0.15, 0.2) is 147 Å². The quantitative estimate of drug-likeness (QED) is 0.0172. The van der Waals surface area contributed by atoms with Crippen molar-refractivity contribution in [2.45, 2.75) is 117 Å². The Bertz CT molecular complexity index is 5220. The van der Waals surface area contributed by atoms with Crippen LogP contribution in [0.1, 0.15) is 109 Å². The van der Waals surface area contributed by atoms with Crippen LogP contribution >= 0.6 is 38.9 Å². The fourth-order valence-electron chi connectivity index (χ4n) is 10.7. The van der Waals surface area contributed by atoms with Crippen LogP contribution in [-0.2, 0) is 41.7 Å². The summed E-state index contributed by atoms with van der Waals surface area (Å²) in [6, 6.07) is 27.6. The van der Waals surface area contributed by atoms with Crippen molar-refractivity contribution in [3.8, 4) is 33.4 Å². The van der Waals surface area contributed by atoms with Crippen molar-refractivity contribution in [3.63, 3.8) is 0 Å². The minimum atomic E-state index is -3.22. The molecule has 0 aliphatic rings. The number of ketones is 1. The summed E-state index contributed by atoms with van der Waals surface area (Å²) in [5.41, 5.74) is 15.7. The van der Waals surface area contributed by atoms with Gasteiger partial charge in [-0.25, -0.2) is 20.4 Å². The number of aryl methyl sites for hydroxylation is 9. The van der Waals surface area contributed by atoms with Crippen LogP contribution in [0.5, 0.6) is 0 Å². The fourth-order valence-corrected chi connectivity index (χ4v) is 10.7. The first-order valence-corrected chi connectivity index (χ1v) is 38.2. The maximum Gasteiger partial charge on any atom is 0.339 e. The number of rotatable bonds is 16. The Kier molecular flexibility index (Phi) is 35.4. The molecule has 7 N–H and O–H groups in total. The Morgan fingerprint density at radius 2 is 0.982 bits per heavy atom. The van der Waals surface area contributed by atoms with Gasteiger partial charge in [0.15, 0.2) is 5.78 Å². The number of aromatic nitrogens is 10. The van der Waals surface area contributed by atoms with Gasteiger partial charge in [-0.15, -0.1) is 5.10 Å². The van der Waals surface area contributed by atoms with E-state index in [-0.39, 0.29) is 61.7 Å². The molecular weight excluding hydrogens is 1460 g/mol. The highest BCUT2D eigenvalue weighted by molar-refractivity contribution is 8.24. The normalized spacial score (nSPS) is 10.6. The van der Waals surface area contributed by atoms with Crippen LogP contribution in [0, 0.1) is 59.3 Å². The summed E-state index contributed by atoms with van der Waals surface area (Å²) in [4.78, 5) is 103. The monoisotopic (exact) mass is 1550 g/mol. The minimum Gasteiger partial charge on any atom is -0.408 e. The summed E-state index contributed by atoms with van der Waals surface area (Å²) < 4.78 is 21.5. The van der Waals surface area contributed by atoms with E-state index in [0.717, 1.165) is 95.3 Å². The number of benzene rings is 3. The molecule has 0 aliphatic heterocycles. The van der Waals surface area contributed by atoms with Crippen molar-refractivity contribution < 1.29 is 28.2 Å². The zero-order valence-corrected chi connectivity index (χ0v) is 65.5. The van der Waals surface area contributed by atoms with Gasteiger partial charge in [-0.2, -0.15) is 0 Å². The van der Waals surface area contributed by atoms with Crippen LogP contribution in [0.3, 0.4) is 0 Å². The summed E-state index contributed by atoms with van der Waals surface area (Å²) in [5, 5.41) is 18.9. The summed E-state index contributed by atoms with van der Waals surface area (Å²) in [6.45, 7) is 23.6. The maximum absolute atomic E-state index is 13.1. The molecule has 25 nitrogen and oxygen atoms in total. The van der Waals surface area contributed by atoms with Gasteiger partial charge in [0.25, 0.3) is 16.7 Å². The van der Waals surface area contributed by atoms with Gasteiger partial charge in [-0.1, -0.05) is 79.7 Å². The van der Waals surface area contributed by atoms with Gasteiger partial charge >= 0.3 is 23.3 Å². The van der Waals surface area contributed by atoms with Crippen molar-refractivity contribution in [2.75, 3.05) is 22.5 Å². The number of imidazole rings is 1. The van der Waals surface area contributed by atoms with Gasteiger partial charge < -0.3 is 39.4 Å². The molecule has 567 valence electrons. The Morgan fingerprint density at radius 1 is 0.587 bits per heavy atom. The second kappa shape index (κ2) is 42.2. The number of carbonyl (C=O) groups excluding carboxylic acids is 4. The lowest BCUT2D eigenvalue weighted by atomic mass is 8.97. The van der Waals surface area contributed by atoms with E-state index < -0.39 is 17.6 Å². The number of fused-ring (bicyclic) bond motifs is 3. The van der Waals surface area contributed by atoms with Gasteiger partial charge in [-0.05, 0) is 199 Å². The van der Waals surface area contributed by atoms with Crippen LogP contribution < -0.4 is 49.2 Å². The van der Waals surface area contributed by atoms with Crippen LogP contribution in [0.25, 0.3) is 66.1 Å². The zero-order chi connectivity index (χ0) is 79.3. The van der Waals surface area contributed by atoms with Gasteiger partial charge in [-0.3, -0.25) is 53.5 Å². The van der Waals surface area contributed by atoms with E-state index in [1.165, 1.54) is 24.2 Å². The number of hydrazine groups is 1. The molecule has 0 saturated carbocycles. The molecular formula is C75H92B5Cl3N16O9P. The van der Waals surface area contributed by atoms with E-state index in [1.54, 1.807) is 71.8 Å². The summed E-state index contributed by atoms with van der Waals surface area (Å²) in [7, 11) is 21.1. The molecule has 7 radical (unpaired) electrons. The Labute approximate surface area is 655 Å². The average molecular weight is 1550 g/mol. The van der Waals surface area contributed by atoms with E-state index in [2.05, 4.69) is 104 Å². The summed E-state index contributed by atoms with van der Waals surface area (Å²) >= 11 is 13.8. The first-order chi connectivity index (χ1) is 50.3. The predicted molar refractivity (Wildman–Crippen MR) is 449 cm³/mol. The molecule has 11 aromatic rings. The van der Waals surface area contributed by atoms with E-state index in [4.69, 9.17) is 33.5 Å². The van der Waals surface area contributed by atoms with E-state index >= 15 is 0 Å². The molecule has 0 saturated heterocycles. The van der Waals surface area contributed by atoms with Gasteiger partial charge in [0.2, 0.25) is 11.8 Å². The first-order valence-electron chi connectivity index (χ1n) is 33.8. The molecule has 0 atom stereocenters. The van der Waals surface area contributed by atoms with Crippen LogP contribution in [0.2, 0.25) is 0 Å². The number of hydrogen-bond donors (Lipinski definition) is 6. The number of hydrogen-bond acceptors (Lipinski definition) is 17. The molecule has 0 spiro atoms. The molecule has 34 heteroatoms. The molecule has 3 aromatic carbocycles. The maximum atomic E-state index is 13.1. The minimum absolute atomic E-state index is 0. The smallest absolute Gasteiger partial charge is 0.339 e. The number of amides is 4. The van der Waals surface area contributed by atoms with E-state index in [9.17, 15) is 38.1 Å². The first kappa shape index (κ1) is 91.5. The lowest BCUT2D eigenvalue weighted by Crippen LogP contribution is -2.33. The number of pyridine rings is 6. The molecule has 0 aliphatic carbocycles. The summed E-state index contributed by atoms with van der Waals surface area (Å²) in [5.74, 6) is 6.39. The number of Topliss-reactive ketones (excluding diaryl/α,β-unsaturated/α-hetero) is 1. The number of anilines is 4. The lowest BCUT2D eigenvalue weighted by Gasteiger charge is -2.13. The van der Waals surface area contributed by atoms with E-state index in [0.29, 0.717) is 64.6 Å². The molecule has 0 fully saturated rings. The second-order valence-corrected chi connectivity index (χ2v) is 33.1. The molecule has 109 heavy (non-hydrogen) atoms. The Hall–Kier alpha value is -9.85. The number of nitrogens with zero attached hydrogens (tertiary/aromatic N) is 10. The molecule has 8 heterocycles. The highest BCUT2D eigenvalue weighted by atomic mass is 36.0. The van der Waals surface area contributed by atoms with Gasteiger partial charge in [0.05, 0.1) is 23.1 Å². The highest BCUT2D eigenvalue weighted by Gasteiger charge is 2.19. The third kappa shape index (κ3) is 27.7. The number of nitrogens with two attached hydrogens (primary N) is 1. The average Bonchev–Trinajstić information content (AvgIpc) is 1.03. The molecule has 8 aromatic heterocycles. The largest absolute Gasteiger partial charge is 0.408 e. The van der Waals surface area contributed by atoms with Gasteiger partial charge in [0.1, 0.15) is 6.33 Å². The highest BCUT2D eigenvalue weighted by Crippen LogP contribution is 2.61. The van der Waals surface area contributed by atoms with Crippen molar-refractivity contribution in [2.24, 2.45) is 44.7 Å². The molecule has 11 rings (SSSR count). The lowest BCUT2D eigenvalue weighted by molar-refractivity contribution is -0.122. The molecule has 0 bridgehead atoms. The Morgan fingerprint density at radius 3 is 1.34 bits per heavy atom. The number of halogens is 3. The third-order valence-corrected chi connectivity index (χ3v) is 15.9. The topological polar surface area (TPSA) is 333 Å². The van der Waals surface area contributed by atoms with Crippen molar-refractivity contribution in [1.82, 2.24) is 59.1 Å². The summed E-state index contributed by atoms with van der Waals surface area (Å²) in [6.07, 6.45) is 11.1. The predicted octanol–water partition coefficient (Wildman–Crippen LogP) is 14.2. The SMILES string of the molecule is C.C.CC(C)CC(=O)NN.Cc1cc2c(cn1)cc(-c1cc(NC(=O)NCC(=O)CC(C)C)ccc1C)c(=O)n2C.Cc1cc2c(cn1)cc(-c1cc(NC(=O)n3ccnc3)ccc1C)c(=O)n2C.Cc1cc2c(cn1)cc(-c1cc(Nc3nnc(CC(C)C)o3)ccc1C)c(=O)n2C.O=P(Cl)(Cl)Cl.[B][B]B([B])[B]. The third-order valence-electron chi connectivity index (χ3n) is 15.9. The number of urea groups is 1. The van der Waals surface area contributed by atoms with Crippen molar-refractivity contribution in [1.29, 1.82) is 0 Å². The van der Waals surface area contributed by atoms with E-state index in [1.807, 2.05) is 148 Å². The second-order valence-electron chi connectivity index (χ2n) is 26.4. The van der Waals surface area contributed by atoms with Gasteiger partial charge in [0, 0.05) is 175 Å². The Balaban J connectivity index is 0.000000307.